The Balaban J connectivity index is 1.93. The lowest BCUT2D eigenvalue weighted by Crippen LogP contribution is -2.30. The number of nitrogens with one attached hydrogen (secondary N) is 3. The molecule has 2 rings (SSSR count). The van der Waals surface area contributed by atoms with Crippen LogP contribution in [0, 0.1) is 6.92 Å². The van der Waals surface area contributed by atoms with Gasteiger partial charge in [0, 0.05) is 29.9 Å². The third-order valence-corrected chi connectivity index (χ3v) is 3.95. The van der Waals surface area contributed by atoms with Crippen molar-refractivity contribution in [2.75, 3.05) is 18.9 Å². The molecule has 0 atom stereocenters. The van der Waals surface area contributed by atoms with Crippen molar-refractivity contribution in [3.05, 3.63) is 64.2 Å². The van der Waals surface area contributed by atoms with Gasteiger partial charge in [0.2, 0.25) is 5.91 Å². The average molecular weight is 346 g/mol. The average Bonchev–Trinajstić information content (AvgIpc) is 2.58. The molecule has 0 radical (unpaired) electrons. The first-order valence-corrected chi connectivity index (χ1v) is 7.95. The Labute approximate surface area is 146 Å². The van der Waals surface area contributed by atoms with Gasteiger partial charge in [-0.3, -0.25) is 9.59 Å². The molecule has 0 bridgehead atoms. The van der Waals surface area contributed by atoms with Gasteiger partial charge < -0.3 is 16.0 Å². The fraction of sp³-hybridized carbons (Fsp3) is 0.222. The van der Waals surface area contributed by atoms with Gasteiger partial charge in [-0.15, -0.1) is 0 Å². The number of benzene rings is 2. The van der Waals surface area contributed by atoms with Crippen molar-refractivity contribution in [1.29, 1.82) is 0 Å². The Morgan fingerprint density at radius 3 is 2.42 bits per heavy atom. The summed E-state index contributed by atoms with van der Waals surface area (Å²) in [6.07, 6.45) is 0. The summed E-state index contributed by atoms with van der Waals surface area (Å²) in [7, 11) is 1.60. The van der Waals surface area contributed by atoms with Crippen molar-refractivity contribution in [3.8, 4) is 0 Å². The van der Waals surface area contributed by atoms with Crippen LogP contribution in [-0.4, -0.2) is 25.4 Å². The predicted octanol–water partition coefficient (Wildman–Crippen LogP) is 2.74. The summed E-state index contributed by atoms with van der Waals surface area (Å²) in [6.45, 7) is 2.71. The molecule has 0 aliphatic carbocycles. The largest absolute Gasteiger partial charge is 0.358 e. The van der Waals surface area contributed by atoms with E-state index < -0.39 is 0 Å². The maximum absolute atomic E-state index is 12.3. The first kappa shape index (κ1) is 18.0. The Morgan fingerprint density at radius 1 is 1.08 bits per heavy atom. The second kappa shape index (κ2) is 8.47. The van der Waals surface area contributed by atoms with Gasteiger partial charge in [-0.05, 0) is 48.4 Å². The summed E-state index contributed by atoms with van der Waals surface area (Å²) in [5.74, 6) is -0.245. The fourth-order valence-electron chi connectivity index (χ4n) is 2.11. The fourth-order valence-corrected chi connectivity index (χ4v) is 2.23. The molecule has 0 aliphatic rings. The number of carbonyl (C=O) groups excluding carboxylic acids is 2. The monoisotopic (exact) mass is 345 g/mol. The minimum atomic E-state index is -0.179. The molecule has 24 heavy (non-hydrogen) atoms. The highest BCUT2D eigenvalue weighted by molar-refractivity contribution is 6.31. The number of anilines is 1. The molecular formula is C18H20ClN3O2. The van der Waals surface area contributed by atoms with Crippen LogP contribution in [0.25, 0.3) is 0 Å². The number of amides is 2. The van der Waals surface area contributed by atoms with Gasteiger partial charge >= 0.3 is 0 Å². The maximum atomic E-state index is 12.3. The SMILES string of the molecule is CNC(=O)CNCc1ccc(C(=O)Nc2ccc(Cl)c(C)c2)cc1. The summed E-state index contributed by atoms with van der Waals surface area (Å²) in [4.78, 5) is 23.4. The van der Waals surface area contributed by atoms with Crippen molar-refractivity contribution in [1.82, 2.24) is 10.6 Å². The van der Waals surface area contributed by atoms with Crippen molar-refractivity contribution in [2.45, 2.75) is 13.5 Å². The maximum Gasteiger partial charge on any atom is 0.255 e. The number of halogens is 1. The second-order valence-corrected chi connectivity index (χ2v) is 5.80. The summed E-state index contributed by atoms with van der Waals surface area (Å²) >= 11 is 5.98. The molecule has 0 saturated carbocycles. The third-order valence-electron chi connectivity index (χ3n) is 3.53. The number of hydrogen-bond acceptors (Lipinski definition) is 3. The van der Waals surface area contributed by atoms with Gasteiger partial charge in [0.1, 0.15) is 0 Å². The first-order valence-electron chi connectivity index (χ1n) is 7.57. The van der Waals surface area contributed by atoms with Crippen LogP contribution in [-0.2, 0) is 11.3 Å². The molecule has 2 amide bonds. The summed E-state index contributed by atoms with van der Waals surface area (Å²) in [5, 5.41) is 9.08. The molecule has 2 aromatic carbocycles. The highest BCUT2D eigenvalue weighted by Gasteiger charge is 2.07. The van der Waals surface area contributed by atoms with E-state index in [4.69, 9.17) is 11.6 Å². The third kappa shape index (κ3) is 5.08. The van der Waals surface area contributed by atoms with E-state index in [0.29, 0.717) is 22.8 Å². The molecule has 0 aliphatic heterocycles. The summed E-state index contributed by atoms with van der Waals surface area (Å²) in [5.41, 5.74) is 3.18. The molecule has 2 aromatic rings. The van der Waals surface area contributed by atoms with E-state index in [0.717, 1.165) is 11.1 Å². The van der Waals surface area contributed by atoms with Crippen molar-refractivity contribution in [2.24, 2.45) is 0 Å². The van der Waals surface area contributed by atoms with Gasteiger partial charge in [0.25, 0.3) is 5.91 Å². The highest BCUT2D eigenvalue weighted by atomic mass is 35.5. The van der Waals surface area contributed by atoms with Gasteiger partial charge in [-0.25, -0.2) is 0 Å². The van der Waals surface area contributed by atoms with Gasteiger partial charge in [-0.2, -0.15) is 0 Å². The Morgan fingerprint density at radius 2 is 1.79 bits per heavy atom. The smallest absolute Gasteiger partial charge is 0.255 e. The van der Waals surface area contributed by atoms with E-state index in [2.05, 4.69) is 16.0 Å². The molecule has 0 aromatic heterocycles. The van der Waals surface area contributed by atoms with E-state index in [1.165, 1.54) is 0 Å². The van der Waals surface area contributed by atoms with E-state index >= 15 is 0 Å². The minimum Gasteiger partial charge on any atom is -0.358 e. The van der Waals surface area contributed by atoms with Crippen molar-refractivity contribution >= 4 is 29.1 Å². The number of rotatable bonds is 6. The van der Waals surface area contributed by atoms with Crippen LogP contribution in [0.1, 0.15) is 21.5 Å². The zero-order valence-corrected chi connectivity index (χ0v) is 14.4. The topological polar surface area (TPSA) is 70.2 Å². The van der Waals surface area contributed by atoms with Crippen LogP contribution >= 0.6 is 11.6 Å². The van der Waals surface area contributed by atoms with Crippen LogP contribution in [0.15, 0.2) is 42.5 Å². The van der Waals surface area contributed by atoms with Crippen LogP contribution in [0.2, 0.25) is 5.02 Å². The molecule has 126 valence electrons. The molecule has 0 heterocycles. The van der Waals surface area contributed by atoms with Gasteiger partial charge in [0.05, 0.1) is 6.54 Å². The van der Waals surface area contributed by atoms with E-state index in [1.54, 1.807) is 31.3 Å². The first-order chi connectivity index (χ1) is 11.5. The zero-order valence-electron chi connectivity index (χ0n) is 13.7. The zero-order chi connectivity index (χ0) is 17.5. The molecule has 3 N–H and O–H groups in total. The predicted molar refractivity (Wildman–Crippen MR) is 96.4 cm³/mol. The van der Waals surface area contributed by atoms with Gasteiger partial charge in [-0.1, -0.05) is 23.7 Å². The number of carbonyl (C=O) groups is 2. The van der Waals surface area contributed by atoms with E-state index in [1.807, 2.05) is 25.1 Å². The summed E-state index contributed by atoms with van der Waals surface area (Å²) in [6, 6.07) is 12.6. The van der Waals surface area contributed by atoms with Crippen LogP contribution in [0.4, 0.5) is 5.69 Å². The van der Waals surface area contributed by atoms with Crippen LogP contribution < -0.4 is 16.0 Å². The Kier molecular flexibility index (Phi) is 6.35. The lowest BCUT2D eigenvalue weighted by atomic mass is 10.1. The number of likely N-dealkylation sites (N-methyl/N-ethyl adjacent to an activating group) is 1. The summed E-state index contributed by atoms with van der Waals surface area (Å²) < 4.78 is 0. The van der Waals surface area contributed by atoms with Crippen molar-refractivity contribution in [3.63, 3.8) is 0 Å². The highest BCUT2D eigenvalue weighted by Crippen LogP contribution is 2.20. The minimum absolute atomic E-state index is 0.0655. The molecule has 0 saturated heterocycles. The van der Waals surface area contributed by atoms with E-state index in [9.17, 15) is 9.59 Å². The van der Waals surface area contributed by atoms with Crippen LogP contribution in [0.3, 0.4) is 0 Å². The lowest BCUT2D eigenvalue weighted by molar-refractivity contribution is -0.119. The standard InChI is InChI=1S/C18H20ClN3O2/c1-12-9-15(7-8-16(12)19)22-18(24)14-5-3-13(4-6-14)10-21-11-17(23)20-2/h3-9,21H,10-11H2,1-2H3,(H,20,23)(H,22,24). The second-order valence-electron chi connectivity index (χ2n) is 5.39. The molecule has 5 nitrogen and oxygen atoms in total. The molecule has 0 unspecified atom stereocenters. The molecule has 0 spiro atoms. The van der Waals surface area contributed by atoms with E-state index in [-0.39, 0.29) is 18.4 Å². The quantitative estimate of drug-likeness (QED) is 0.754. The number of aryl methyl sites for hydroxylation is 1. The van der Waals surface area contributed by atoms with Gasteiger partial charge in [0.15, 0.2) is 0 Å². The normalized spacial score (nSPS) is 10.3. The Bertz CT molecular complexity index is 730. The Hall–Kier alpha value is -2.37. The molecule has 6 heteroatoms. The molecule has 0 fully saturated rings. The van der Waals surface area contributed by atoms with Crippen molar-refractivity contribution < 1.29 is 9.59 Å². The van der Waals surface area contributed by atoms with Crippen LogP contribution in [0.5, 0.6) is 0 Å². The number of hydrogen-bond donors (Lipinski definition) is 3. The lowest BCUT2D eigenvalue weighted by Gasteiger charge is -2.08. The molecular weight excluding hydrogens is 326 g/mol.